The number of halogens is 1. The first-order valence-electron chi connectivity index (χ1n) is 6.77. The lowest BCUT2D eigenvalue weighted by Crippen LogP contribution is -2.31. The summed E-state index contributed by atoms with van der Waals surface area (Å²) in [6, 6.07) is 3.77. The highest BCUT2D eigenvalue weighted by Crippen LogP contribution is 2.33. The van der Waals surface area contributed by atoms with E-state index in [2.05, 4.69) is 20.9 Å². The van der Waals surface area contributed by atoms with Crippen molar-refractivity contribution >= 4 is 21.8 Å². The van der Waals surface area contributed by atoms with Crippen LogP contribution in [0.4, 0.5) is 0 Å². The fourth-order valence-corrected chi connectivity index (χ4v) is 2.71. The molecule has 1 amide bonds. The Morgan fingerprint density at radius 1 is 1.47 bits per heavy atom. The first-order valence-corrected chi connectivity index (χ1v) is 7.56. The van der Waals surface area contributed by atoms with Gasteiger partial charge in [0, 0.05) is 25.6 Å². The molecule has 1 aliphatic carbocycles. The Hall–Kier alpha value is -1.10. The summed E-state index contributed by atoms with van der Waals surface area (Å²) < 4.78 is 6.71. The van der Waals surface area contributed by atoms with Crippen molar-refractivity contribution in [2.45, 2.75) is 31.8 Å². The Kier molecular flexibility index (Phi) is 3.73. The van der Waals surface area contributed by atoms with Crippen LogP contribution in [-0.2, 0) is 4.79 Å². The number of carbonyl (C=O) groups is 1. The molecule has 0 unspecified atom stereocenters. The van der Waals surface area contributed by atoms with E-state index in [0.717, 1.165) is 23.9 Å². The molecule has 2 aliphatic rings. The molecule has 1 aliphatic heterocycles. The van der Waals surface area contributed by atoms with Crippen LogP contribution in [-0.4, -0.2) is 35.0 Å². The maximum atomic E-state index is 12.0. The van der Waals surface area contributed by atoms with Crippen LogP contribution < -0.4 is 4.74 Å². The third-order valence-electron chi connectivity index (χ3n) is 3.66. The number of aromatic nitrogens is 1. The monoisotopic (exact) mass is 324 g/mol. The lowest BCUT2D eigenvalue weighted by molar-refractivity contribution is -0.130. The molecule has 19 heavy (non-hydrogen) atoms. The van der Waals surface area contributed by atoms with Crippen LogP contribution in [0.25, 0.3) is 0 Å². The van der Waals surface area contributed by atoms with Gasteiger partial charge in [-0.15, -0.1) is 0 Å². The van der Waals surface area contributed by atoms with Gasteiger partial charge in [0.25, 0.3) is 0 Å². The summed E-state index contributed by atoms with van der Waals surface area (Å²) in [4.78, 5) is 18.1. The second kappa shape index (κ2) is 5.49. The van der Waals surface area contributed by atoms with Gasteiger partial charge in [0.05, 0.1) is 11.0 Å². The van der Waals surface area contributed by atoms with Crippen molar-refractivity contribution in [1.82, 2.24) is 9.88 Å². The Balaban J connectivity index is 1.54. The molecule has 0 N–H and O–H groups in total. The van der Waals surface area contributed by atoms with Crippen LogP contribution in [0.15, 0.2) is 22.8 Å². The molecule has 0 spiro atoms. The Bertz CT molecular complexity index is 476. The summed E-state index contributed by atoms with van der Waals surface area (Å²) in [5, 5.41) is 0. The molecular weight excluding hydrogens is 308 g/mol. The number of likely N-dealkylation sites (tertiary alicyclic amines) is 1. The molecule has 2 fully saturated rings. The molecule has 2 heterocycles. The van der Waals surface area contributed by atoms with Gasteiger partial charge in [-0.3, -0.25) is 4.79 Å². The highest BCUT2D eigenvalue weighted by atomic mass is 79.9. The normalized spacial score (nSPS) is 22.6. The predicted octanol–water partition coefficient (Wildman–Crippen LogP) is 2.62. The fraction of sp³-hybridized carbons (Fsp3) is 0.571. The smallest absolute Gasteiger partial charge is 0.228 e. The van der Waals surface area contributed by atoms with E-state index in [1.54, 1.807) is 6.20 Å². The molecule has 102 valence electrons. The summed E-state index contributed by atoms with van der Waals surface area (Å²) in [5.74, 6) is 1.55. The maximum absolute atomic E-state index is 12.0. The molecule has 1 aromatic heterocycles. The molecule has 0 bridgehead atoms. The van der Waals surface area contributed by atoms with E-state index in [4.69, 9.17) is 4.74 Å². The quantitative estimate of drug-likeness (QED) is 0.855. The summed E-state index contributed by atoms with van der Waals surface area (Å²) in [5.41, 5.74) is 0. The van der Waals surface area contributed by atoms with Crippen molar-refractivity contribution in [2.24, 2.45) is 5.92 Å². The first-order chi connectivity index (χ1) is 9.22. The molecule has 0 aromatic carbocycles. The van der Waals surface area contributed by atoms with E-state index in [9.17, 15) is 4.79 Å². The van der Waals surface area contributed by atoms with Crippen molar-refractivity contribution in [3.63, 3.8) is 0 Å². The average Bonchev–Trinajstić information content (AvgIpc) is 3.08. The molecule has 5 heteroatoms. The zero-order valence-corrected chi connectivity index (χ0v) is 12.3. The lowest BCUT2D eigenvalue weighted by Gasteiger charge is -2.17. The van der Waals surface area contributed by atoms with Gasteiger partial charge in [0.1, 0.15) is 6.10 Å². The summed E-state index contributed by atoms with van der Waals surface area (Å²) in [6.45, 7) is 1.50. The average molecular weight is 325 g/mol. The number of nitrogens with zero attached hydrogens (tertiary/aromatic N) is 2. The first kappa shape index (κ1) is 12.9. The van der Waals surface area contributed by atoms with Crippen LogP contribution in [0, 0.1) is 5.92 Å². The van der Waals surface area contributed by atoms with Crippen molar-refractivity contribution in [2.75, 3.05) is 13.1 Å². The number of ether oxygens (including phenoxy) is 1. The molecule has 1 aromatic rings. The minimum atomic E-state index is 0.0642. The van der Waals surface area contributed by atoms with E-state index in [-0.39, 0.29) is 12.0 Å². The summed E-state index contributed by atoms with van der Waals surface area (Å²) in [6.07, 6.45) is 5.83. The summed E-state index contributed by atoms with van der Waals surface area (Å²) >= 11 is 3.42. The molecule has 0 radical (unpaired) electrons. The topological polar surface area (TPSA) is 42.4 Å². The summed E-state index contributed by atoms with van der Waals surface area (Å²) in [7, 11) is 0. The van der Waals surface area contributed by atoms with Crippen LogP contribution in [0.2, 0.25) is 0 Å². The third kappa shape index (κ3) is 3.26. The lowest BCUT2D eigenvalue weighted by atomic mass is 10.2. The zero-order chi connectivity index (χ0) is 13.2. The number of hydrogen-bond donors (Lipinski definition) is 0. The van der Waals surface area contributed by atoms with Crippen LogP contribution in [0.5, 0.6) is 5.88 Å². The fourth-order valence-electron chi connectivity index (χ4n) is 2.36. The van der Waals surface area contributed by atoms with Gasteiger partial charge in [0.2, 0.25) is 11.8 Å². The van der Waals surface area contributed by atoms with Crippen molar-refractivity contribution in [1.29, 1.82) is 0 Å². The van der Waals surface area contributed by atoms with Crippen molar-refractivity contribution < 1.29 is 9.53 Å². The van der Waals surface area contributed by atoms with Crippen molar-refractivity contribution in [3.8, 4) is 5.88 Å². The van der Waals surface area contributed by atoms with Gasteiger partial charge < -0.3 is 9.64 Å². The Morgan fingerprint density at radius 3 is 3.05 bits per heavy atom. The van der Waals surface area contributed by atoms with E-state index in [1.807, 2.05) is 17.0 Å². The SMILES string of the molecule is O=C(CC1CC1)N1CC[C@H](Oc2ncccc2Br)C1. The Labute approximate surface area is 121 Å². The number of rotatable bonds is 4. The second-order valence-corrected chi connectivity index (χ2v) is 6.16. The molecule has 1 saturated carbocycles. The van der Waals surface area contributed by atoms with E-state index in [1.165, 1.54) is 12.8 Å². The van der Waals surface area contributed by atoms with Crippen LogP contribution in [0.3, 0.4) is 0 Å². The second-order valence-electron chi connectivity index (χ2n) is 5.31. The van der Waals surface area contributed by atoms with Crippen LogP contribution >= 0.6 is 15.9 Å². The van der Waals surface area contributed by atoms with E-state index in [0.29, 0.717) is 18.3 Å². The van der Waals surface area contributed by atoms with E-state index >= 15 is 0 Å². The third-order valence-corrected chi connectivity index (χ3v) is 4.26. The number of amides is 1. The molecular formula is C14H17BrN2O2. The molecule has 1 saturated heterocycles. The molecule has 1 atom stereocenters. The molecule has 4 nitrogen and oxygen atoms in total. The maximum Gasteiger partial charge on any atom is 0.228 e. The largest absolute Gasteiger partial charge is 0.472 e. The highest BCUT2D eigenvalue weighted by molar-refractivity contribution is 9.10. The predicted molar refractivity (Wildman–Crippen MR) is 74.9 cm³/mol. The van der Waals surface area contributed by atoms with Gasteiger partial charge in [-0.2, -0.15) is 0 Å². The van der Waals surface area contributed by atoms with Gasteiger partial charge >= 0.3 is 0 Å². The number of carbonyl (C=O) groups excluding carboxylic acids is 1. The zero-order valence-electron chi connectivity index (χ0n) is 10.7. The van der Waals surface area contributed by atoms with Crippen molar-refractivity contribution in [3.05, 3.63) is 22.8 Å². The van der Waals surface area contributed by atoms with Gasteiger partial charge in [-0.25, -0.2) is 4.98 Å². The highest BCUT2D eigenvalue weighted by Gasteiger charge is 2.32. The van der Waals surface area contributed by atoms with Gasteiger partial charge in [-0.05, 0) is 46.8 Å². The number of hydrogen-bond acceptors (Lipinski definition) is 3. The minimum absolute atomic E-state index is 0.0642. The van der Waals surface area contributed by atoms with E-state index < -0.39 is 0 Å². The number of pyridine rings is 1. The van der Waals surface area contributed by atoms with Crippen LogP contribution in [0.1, 0.15) is 25.7 Å². The Morgan fingerprint density at radius 2 is 2.32 bits per heavy atom. The standard InChI is InChI=1S/C14H17BrN2O2/c15-12-2-1-6-16-14(12)19-11-5-7-17(9-11)13(18)8-10-3-4-10/h1-2,6,10-11H,3-5,7-9H2/t11-/m0/s1. The molecule has 3 rings (SSSR count). The minimum Gasteiger partial charge on any atom is -0.472 e. The van der Waals surface area contributed by atoms with Gasteiger partial charge in [0.15, 0.2) is 0 Å². The van der Waals surface area contributed by atoms with Gasteiger partial charge in [-0.1, -0.05) is 0 Å².